The largest absolute Gasteiger partial charge is 0.456 e. The molecular weight excluding hydrogens is 625 g/mol. The van der Waals surface area contributed by atoms with Crippen LogP contribution in [0.1, 0.15) is 0 Å². The van der Waals surface area contributed by atoms with Crippen LogP contribution in [-0.4, -0.2) is 19.1 Å². The lowest BCUT2D eigenvalue weighted by atomic mass is 10.1. The van der Waals surface area contributed by atoms with E-state index < -0.39 is 0 Å². The lowest BCUT2D eigenvalue weighted by molar-refractivity contribution is 0.669. The summed E-state index contributed by atoms with van der Waals surface area (Å²) in [6, 6.07) is 59.4. The second-order valence-electron chi connectivity index (χ2n) is 13.0. The van der Waals surface area contributed by atoms with E-state index in [0.717, 1.165) is 83.0 Å². The predicted octanol–water partition coefficient (Wildman–Crippen LogP) is 11.9. The van der Waals surface area contributed by atoms with Crippen molar-refractivity contribution in [1.82, 2.24) is 19.1 Å². The van der Waals surface area contributed by atoms with Crippen LogP contribution in [0.5, 0.6) is 0 Å². The Hall–Kier alpha value is -6.98. The molecule has 0 N–H and O–H groups in total. The van der Waals surface area contributed by atoms with Crippen molar-refractivity contribution in [3.63, 3.8) is 0 Å². The van der Waals surface area contributed by atoms with Gasteiger partial charge in [-0.15, -0.1) is 0 Å². The van der Waals surface area contributed by atoms with Crippen molar-refractivity contribution in [3.8, 4) is 34.2 Å². The van der Waals surface area contributed by atoms with Gasteiger partial charge in [-0.3, -0.25) is 4.57 Å². The topological polar surface area (TPSA) is 48.8 Å². The third kappa shape index (κ3) is 4.15. The Balaban J connectivity index is 1.25. The van der Waals surface area contributed by atoms with Crippen LogP contribution in [-0.2, 0) is 0 Å². The average molecular weight is 653 g/mol. The van der Waals surface area contributed by atoms with E-state index in [1.54, 1.807) is 0 Å². The van der Waals surface area contributed by atoms with Crippen molar-refractivity contribution in [1.29, 1.82) is 0 Å². The molecule has 51 heavy (non-hydrogen) atoms. The summed E-state index contributed by atoms with van der Waals surface area (Å²) >= 11 is 0. The van der Waals surface area contributed by atoms with E-state index in [-0.39, 0.29) is 0 Å². The molecule has 0 unspecified atom stereocenters. The maximum Gasteiger partial charge on any atom is 0.235 e. The number of para-hydroxylation sites is 4. The van der Waals surface area contributed by atoms with Gasteiger partial charge in [0.05, 0.1) is 33.5 Å². The first-order valence-electron chi connectivity index (χ1n) is 17.2. The molecule has 0 bridgehead atoms. The standard InChI is InChI=1S/C46H28N4O/c1-3-13-29(14-4-1)37-28-38(30-23-24-34-33-18-9-12-22-42(33)51-43(34)27-30)48-46(47-37)50-39-20-10-7-17-32(39)35-25-26-41-44(45(35)50)36-19-8-11-21-40(36)49(41)31-15-5-2-6-16-31/h1-28H. The van der Waals surface area contributed by atoms with E-state index >= 15 is 0 Å². The average Bonchev–Trinajstić information content (AvgIpc) is 3.86. The Bertz CT molecular complexity index is 3130. The minimum atomic E-state index is 0.617. The number of rotatable bonds is 4. The van der Waals surface area contributed by atoms with Gasteiger partial charge in [-0.25, -0.2) is 9.97 Å². The van der Waals surface area contributed by atoms with E-state index in [1.165, 1.54) is 10.8 Å². The molecule has 0 saturated heterocycles. The second kappa shape index (κ2) is 10.8. The third-order valence-electron chi connectivity index (χ3n) is 10.1. The van der Waals surface area contributed by atoms with Crippen molar-refractivity contribution in [3.05, 3.63) is 170 Å². The molecule has 0 fully saturated rings. The number of hydrogen-bond donors (Lipinski definition) is 0. The number of hydrogen-bond acceptors (Lipinski definition) is 3. The molecule has 0 amide bonds. The SMILES string of the molecule is c1ccc(-c2cc(-c3ccc4c(c3)oc3ccccc34)nc(-n3c4ccccc4c4ccc5c(c6ccccc6n5-c5ccccc5)c43)n2)cc1. The highest BCUT2D eigenvalue weighted by atomic mass is 16.3. The molecule has 5 nitrogen and oxygen atoms in total. The molecule has 238 valence electrons. The highest BCUT2D eigenvalue weighted by molar-refractivity contribution is 6.26. The Labute approximate surface area is 292 Å². The lowest BCUT2D eigenvalue weighted by Gasteiger charge is -2.12. The van der Waals surface area contributed by atoms with Crippen LogP contribution < -0.4 is 0 Å². The Kier molecular flexibility index (Phi) is 5.89. The van der Waals surface area contributed by atoms with Crippen molar-refractivity contribution in [2.24, 2.45) is 0 Å². The minimum Gasteiger partial charge on any atom is -0.456 e. The van der Waals surface area contributed by atoms with Gasteiger partial charge in [-0.2, -0.15) is 0 Å². The van der Waals surface area contributed by atoms with Crippen LogP contribution in [0.4, 0.5) is 0 Å². The number of benzene rings is 7. The highest BCUT2D eigenvalue weighted by Crippen LogP contribution is 2.42. The van der Waals surface area contributed by atoms with E-state index in [2.05, 4.69) is 155 Å². The van der Waals surface area contributed by atoms with E-state index in [9.17, 15) is 0 Å². The van der Waals surface area contributed by atoms with Gasteiger partial charge in [0.1, 0.15) is 11.2 Å². The molecule has 4 heterocycles. The summed E-state index contributed by atoms with van der Waals surface area (Å²) in [5, 5.41) is 6.86. The molecule has 0 aliphatic rings. The fourth-order valence-electron chi connectivity index (χ4n) is 7.90. The van der Waals surface area contributed by atoms with Gasteiger partial charge in [0.2, 0.25) is 5.95 Å². The van der Waals surface area contributed by atoms with Crippen LogP contribution in [0.2, 0.25) is 0 Å². The summed E-state index contributed by atoms with van der Waals surface area (Å²) in [6.45, 7) is 0. The molecule has 0 aliphatic carbocycles. The molecule has 0 aliphatic heterocycles. The van der Waals surface area contributed by atoms with Gasteiger partial charge >= 0.3 is 0 Å². The summed E-state index contributed by atoms with van der Waals surface area (Å²) in [5.41, 5.74) is 10.9. The third-order valence-corrected chi connectivity index (χ3v) is 10.1. The molecule has 4 aromatic heterocycles. The predicted molar refractivity (Wildman–Crippen MR) is 209 cm³/mol. The lowest BCUT2D eigenvalue weighted by Crippen LogP contribution is -2.04. The number of nitrogens with zero attached hydrogens (tertiary/aromatic N) is 4. The van der Waals surface area contributed by atoms with Crippen LogP contribution in [0.15, 0.2) is 174 Å². The zero-order chi connectivity index (χ0) is 33.5. The number of furan rings is 1. The second-order valence-corrected chi connectivity index (χ2v) is 13.0. The van der Waals surface area contributed by atoms with Gasteiger partial charge in [-0.1, -0.05) is 115 Å². The Morgan fingerprint density at radius 3 is 1.80 bits per heavy atom. The monoisotopic (exact) mass is 652 g/mol. The summed E-state index contributed by atoms with van der Waals surface area (Å²) in [7, 11) is 0. The van der Waals surface area contributed by atoms with Crippen LogP contribution in [0.25, 0.3) is 99.7 Å². The highest BCUT2D eigenvalue weighted by Gasteiger charge is 2.23. The van der Waals surface area contributed by atoms with Gasteiger partial charge in [0.25, 0.3) is 0 Å². The van der Waals surface area contributed by atoms with Gasteiger partial charge in [-0.05, 0) is 54.6 Å². The van der Waals surface area contributed by atoms with Crippen molar-refractivity contribution >= 4 is 65.6 Å². The molecule has 7 aromatic carbocycles. The summed E-state index contributed by atoms with van der Waals surface area (Å²) in [6.07, 6.45) is 0. The maximum atomic E-state index is 6.32. The van der Waals surface area contributed by atoms with E-state index in [0.29, 0.717) is 5.95 Å². The maximum absolute atomic E-state index is 6.32. The fraction of sp³-hybridized carbons (Fsp3) is 0. The smallest absolute Gasteiger partial charge is 0.235 e. The molecule has 5 heteroatoms. The molecule has 0 saturated carbocycles. The zero-order valence-electron chi connectivity index (χ0n) is 27.4. The summed E-state index contributed by atoms with van der Waals surface area (Å²) in [4.78, 5) is 10.7. The quantitative estimate of drug-likeness (QED) is 0.190. The molecule has 0 spiro atoms. The first-order valence-corrected chi connectivity index (χ1v) is 17.2. The zero-order valence-corrected chi connectivity index (χ0v) is 27.4. The van der Waals surface area contributed by atoms with Crippen molar-refractivity contribution in [2.75, 3.05) is 0 Å². The van der Waals surface area contributed by atoms with Crippen molar-refractivity contribution in [2.45, 2.75) is 0 Å². The minimum absolute atomic E-state index is 0.617. The van der Waals surface area contributed by atoms with Gasteiger partial charge in [0, 0.05) is 49.1 Å². The normalized spacial score (nSPS) is 11.9. The first kappa shape index (κ1) is 27.9. The molecule has 11 rings (SSSR count). The van der Waals surface area contributed by atoms with E-state index in [1.807, 2.05) is 24.3 Å². The molecule has 0 radical (unpaired) electrons. The van der Waals surface area contributed by atoms with Gasteiger partial charge in [0.15, 0.2) is 0 Å². The molecule has 0 atom stereocenters. The summed E-state index contributed by atoms with van der Waals surface area (Å²) < 4.78 is 11.0. The van der Waals surface area contributed by atoms with Crippen LogP contribution in [0.3, 0.4) is 0 Å². The first-order chi connectivity index (χ1) is 25.3. The number of fused-ring (bicyclic) bond motifs is 10. The Morgan fingerprint density at radius 1 is 0.392 bits per heavy atom. The molecule has 11 aromatic rings. The van der Waals surface area contributed by atoms with Crippen LogP contribution >= 0.6 is 0 Å². The van der Waals surface area contributed by atoms with Crippen LogP contribution in [0, 0.1) is 0 Å². The summed E-state index contributed by atoms with van der Waals surface area (Å²) in [5.74, 6) is 0.617. The van der Waals surface area contributed by atoms with Gasteiger partial charge < -0.3 is 8.98 Å². The Morgan fingerprint density at radius 2 is 1.00 bits per heavy atom. The number of aromatic nitrogens is 4. The molecular formula is C46H28N4O. The fourth-order valence-corrected chi connectivity index (χ4v) is 7.90. The van der Waals surface area contributed by atoms with Crippen molar-refractivity contribution < 1.29 is 4.42 Å². The van der Waals surface area contributed by atoms with E-state index in [4.69, 9.17) is 14.4 Å².